The van der Waals surface area contributed by atoms with E-state index in [1.165, 1.54) is 31.4 Å². The van der Waals surface area contributed by atoms with Crippen LogP contribution in [-0.4, -0.2) is 18.0 Å². The molecule has 1 amide bonds. The Morgan fingerprint density at radius 2 is 2.05 bits per heavy atom. The highest BCUT2D eigenvalue weighted by Gasteiger charge is 2.19. The molecule has 0 bridgehead atoms. The van der Waals surface area contributed by atoms with E-state index >= 15 is 0 Å². The molecule has 1 aromatic carbocycles. The number of benzene rings is 1. The van der Waals surface area contributed by atoms with Crippen molar-refractivity contribution in [1.82, 2.24) is 5.32 Å². The number of esters is 1. The van der Waals surface area contributed by atoms with Gasteiger partial charge in [0.15, 0.2) is 6.10 Å². The molecular weight excluding hydrogens is 329 g/mol. The normalized spacial score (nSPS) is 11.8. The lowest BCUT2D eigenvalue weighted by Crippen LogP contribution is -2.35. The summed E-state index contributed by atoms with van der Waals surface area (Å²) >= 11 is 11.6. The number of hydrogen-bond donors (Lipinski definition) is 1. The first-order valence-corrected chi connectivity index (χ1v) is 7.19. The van der Waals surface area contributed by atoms with E-state index in [-0.39, 0.29) is 17.1 Å². The van der Waals surface area contributed by atoms with E-state index in [0.29, 0.717) is 10.8 Å². The number of amides is 1. The smallest absolute Gasteiger partial charge is 0.338 e. The fourth-order valence-corrected chi connectivity index (χ4v) is 1.93. The van der Waals surface area contributed by atoms with Crippen molar-refractivity contribution in [2.24, 2.45) is 0 Å². The van der Waals surface area contributed by atoms with Gasteiger partial charge >= 0.3 is 5.97 Å². The fraction of sp³-hybridized carbons (Fsp3) is 0.200. The van der Waals surface area contributed by atoms with Crippen LogP contribution in [0.3, 0.4) is 0 Å². The Morgan fingerprint density at radius 1 is 1.27 bits per heavy atom. The van der Waals surface area contributed by atoms with Gasteiger partial charge < -0.3 is 14.5 Å². The molecule has 116 valence electrons. The number of furan rings is 1. The van der Waals surface area contributed by atoms with Crippen molar-refractivity contribution in [3.63, 3.8) is 0 Å². The van der Waals surface area contributed by atoms with Crippen LogP contribution in [-0.2, 0) is 16.1 Å². The summed E-state index contributed by atoms with van der Waals surface area (Å²) in [5.41, 5.74) is 0.222. The van der Waals surface area contributed by atoms with E-state index in [4.69, 9.17) is 32.4 Å². The van der Waals surface area contributed by atoms with Crippen LogP contribution >= 0.6 is 23.2 Å². The third-order valence-corrected chi connectivity index (χ3v) is 3.56. The largest absolute Gasteiger partial charge is 0.467 e. The molecule has 0 saturated heterocycles. The minimum absolute atomic E-state index is 0.222. The van der Waals surface area contributed by atoms with Gasteiger partial charge in [-0.2, -0.15) is 0 Å². The van der Waals surface area contributed by atoms with Crippen molar-refractivity contribution in [1.29, 1.82) is 0 Å². The standard InChI is InChI=1S/C15H13Cl2NO4/c1-9(14(19)18-8-11-3-2-6-21-11)22-15(20)10-4-5-12(16)13(17)7-10/h2-7,9H,8H2,1H3,(H,18,19)/t9-/m0/s1. The van der Waals surface area contributed by atoms with Gasteiger partial charge in [0.2, 0.25) is 0 Å². The summed E-state index contributed by atoms with van der Waals surface area (Å²) in [7, 11) is 0. The molecule has 1 N–H and O–H groups in total. The highest BCUT2D eigenvalue weighted by Crippen LogP contribution is 2.23. The number of carbonyl (C=O) groups excluding carboxylic acids is 2. The van der Waals surface area contributed by atoms with Crippen molar-refractivity contribution in [2.45, 2.75) is 19.6 Å². The number of carbonyl (C=O) groups is 2. The van der Waals surface area contributed by atoms with Crippen LogP contribution in [0.15, 0.2) is 41.0 Å². The second kappa shape index (κ2) is 7.33. The number of halogens is 2. The summed E-state index contributed by atoms with van der Waals surface area (Å²) in [6, 6.07) is 7.80. The molecule has 0 aliphatic rings. The Morgan fingerprint density at radius 3 is 2.68 bits per heavy atom. The molecule has 0 unspecified atom stereocenters. The molecule has 0 radical (unpaired) electrons. The predicted molar refractivity (Wildman–Crippen MR) is 81.9 cm³/mol. The maximum atomic E-state index is 11.9. The van der Waals surface area contributed by atoms with Gasteiger partial charge in [0, 0.05) is 0 Å². The Balaban J connectivity index is 1.89. The minimum Gasteiger partial charge on any atom is -0.467 e. The van der Waals surface area contributed by atoms with Crippen LogP contribution in [0.25, 0.3) is 0 Å². The van der Waals surface area contributed by atoms with E-state index in [2.05, 4.69) is 5.32 Å². The molecule has 0 aliphatic heterocycles. The summed E-state index contributed by atoms with van der Waals surface area (Å²) in [4.78, 5) is 23.8. The molecule has 22 heavy (non-hydrogen) atoms. The van der Waals surface area contributed by atoms with E-state index in [1.807, 2.05) is 0 Å². The van der Waals surface area contributed by atoms with Gasteiger partial charge in [0.25, 0.3) is 5.91 Å². The maximum Gasteiger partial charge on any atom is 0.338 e. The lowest BCUT2D eigenvalue weighted by atomic mass is 10.2. The number of rotatable bonds is 5. The zero-order valence-corrected chi connectivity index (χ0v) is 13.1. The van der Waals surface area contributed by atoms with Crippen LogP contribution in [0.1, 0.15) is 23.0 Å². The fourth-order valence-electron chi connectivity index (χ4n) is 1.64. The monoisotopic (exact) mass is 341 g/mol. The van der Waals surface area contributed by atoms with E-state index < -0.39 is 18.0 Å². The van der Waals surface area contributed by atoms with E-state index in [1.54, 1.807) is 12.1 Å². The molecule has 2 rings (SSSR count). The van der Waals surface area contributed by atoms with Gasteiger partial charge in [-0.05, 0) is 37.3 Å². The van der Waals surface area contributed by atoms with Gasteiger partial charge in [-0.3, -0.25) is 4.79 Å². The highest BCUT2D eigenvalue weighted by molar-refractivity contribution is 6.42. The predicted octanol–water partition coefficient (Wildman–Crippen LogP) is 3.45. The number of ether oxygens (including phenoxy) is 1. The Kier molecular flexibility index (Phi) is 5.46. The van der Waals surface area contributed by atoms with Crippen molar-refractivity contribution < 1.29 is 18.7 Å². The molecule has 0 fully saturated rings. The Bertz CT molecular complexity index is 670. The summed E-state index contributed by atoms with van der Waals surface area (Å²) in [5, 5.41) is 3.18. The Labute approximate surface area is 137 Å². The summed E-state index contributed by atoms with van der Waals surface area (Å²) in [5.74, 6) is -0.472. The first kappa shape index (κ1) is 16.4. The number of hydrogen-bond acceptors (Lipinski definition) is 4. The lowest BCUT2D eigenvalue weighted by molar-refractivity contribution is -0.129. The van der Waals surface area contributed by atoms with Crippen LogP contribution in [0, 0.1) is 0 Å². The second-order valence-corrected chi connectivity index (χ2v) is 5.29. The summed E-state index contributed by atoms with van der Waals surface area (Å²) < 4.78 is 10.2. The van der Waals surface area contributed by atoms with E-state index in [0.717, 1.165) is 0 Å². The topological polar surface area (TPSA) is 68.5 Å². The molecule has 1 atom stereocenters. The van der Waals surface area contributed by atoms with Crippen molar-refractivity contribution in [3.05, 3.63) is 58.0 Å². The van der Waals surface area contributed by atoms with Crippen LogP contribution in [0.5, 0.6) is 0 Å². The van der Waals surface area contributed by atoms with Crippen molar-refractivity contribution >= 4 is 35.1 Å². The molecule has 7 heteroatoms. The first-order chi connectivity index (χ1) is 10.5. The molecule has 2 aromatic rings. The molecule has 1 heterocycles. The quantitative estimate of drug-likeness (QED) is 0.845. The first-order valence-electron chi connectivity index (χ1n) is 6.43. The molecule has 0 saturated carbocycles. The highest BCUT2D eigenvalue weighted by atomic mass is 35.5. The maximum absolute atomic E-state index is 11.9. The third-order valence-electron chi connectivity index (χ3n) is 2.83. The lowest BCUT2D eigenvalue weighted by Gasteiger charge is -2.13. The SMILES string of the molecule is C[C@H](OC(=O)c1ccc(Cl)c(Cl)c1)C(=O)NCc1ccco1. The second-order valence-electron chi connectivity index (χ2n) is 4.47. The summed E-state index contributed by atoms with van der Waals surface area (Å²) in [6.07, 6.45) is 0.562. The molecule has 1 aromatic heterocycles. The van der Waals surface area contributed by atoms with Gasteiger partial charge in [0.05, 0.1) is 28.4 Å². The van der Waals surface area contributed by atoms with Gasteiger partial charge in [0.1, 0.15) is 5.76 Å². The van der Waals surface area contributed by atoms with Gasteiger partial charge in [-0.1, -0.05) is 23.2 Å². The van der Waals surface area contributed by atoms with Crippen molar-refractivity contribution in [2.75, 3.05) is 0 Å². The Hall–Kier alpha value is -1.98. The van der Waals surface area contributed by atoms with Crippen LogP contribution < -0.4 is 5.32 Å². The van der Waals surface area contributed by atoms with Crippen LogP contribution in [0.2, 0.25) is 10.0 Å². The van der Waals surface area contributed by atoms with Gasteiger partial charge in [-0.25, -0.2) is 4.79 Å². The van der Waals surface area contributed by atoms with Gasteiger partial charge in [-0.15, -0.1) is 0 Å². The summed E-state index contributed by atoms with van der Waals surface area (Å²) in [6.45, 7) is 1.70. The average Bonchev–Trinajstić information content (AvgIpc) is 3.00. The molecule has 0 aliphatic carbocycles. The van der Waals surface area contributed by atoms with Crippen LogP contribution in [0.4, 0.5) is 0 Å². The van der Waals surface area contributed by atoms with E-state index in [9.17, 15) is 9.59 Å². The molecule has 0 spiro atoms. The third kappa shape index (κ3) is 4.26. The number of nitrogens with one attached hydrogen (secondary N) is 1. The average molecular weight is 342 g/mol. The minimum atomic E-state index is -0.947. The molecular formula is C15H13Cl2NO4. The zero-order valence-electron chi connectivity index (χ0n) is 11.6. The van der Waals surface area contributed by atoms with Crippen molar-refractivity contribution in [3.8, 4) is 0 Å². The zero-order chi connectivity index (χ0) is 16.1. The molecule has 5 nitrogen and oxygen atoms in total.